The molecule has 0 saturated carbocycles. The van der Waals surface area contributed by atoms with Crippen LogP contribution in [0.1, 0.15) is 34.1 Å². The Morgan fingerprint density at radius 2 is 2.00 bits per heavy atom. The van der Waals surface area contributed by atoms with Crippen LogP contribution in [0.25, 0.3) is 0 Å². The van der Waals surface area contributed by atoms with Gasteiger partial charge in [-0.1, -0.05) is 11.6 Å². The Morgan fingerprint density at radius 3 is 2.45 bits per heavy atom. The average Bonchev–Trinajstić information content (AvgIpc) is 2.66. The molecular weight excluding hydrogens is 270 g/mol. The van der Waals surface area contributed by atoms with E-state index in [0.29, 0.717) is 13.2 Å². The molecule has 0 bridgehead atoms. The van der Waals surface area contributed by atoms with Crippen molar-refractivity contribution in [2.24, 2.45) is 0 Å². The van der Waals surface area contributed by atoms with Crippen molar-refractivity contribution in [3.63, 3.8) is 0 Å². The Morgan fingerprint density at radius 1 is 1.40 bits per heavy atom. The number of nitrogens with zero attached hydrogens (tertiary/aromatic N) is 1. The summed E-state index contributed by atoms with van der Waals surface area (Å²) in [7, 11) is -1.57. The molecule has 5 heteroatoms. The van der Waals surface area contributed by atoms with Gasteiger partial charge in [0.05, 0.1) is 12.6 Å². The van der Waals surface area contributed by atoms with E-state index >= 15 is 0 Å². The van der Waals surface area contributed by atoms with Crippen molar-refractivity contribution >= 4 is 14.4 Å². The van der Waals surface area contributed by atoms with Gasteiger partial charge in [0.25, 0.3) is 0 Å². The third-order valence-corrected chi connectivity index (χ3v) is 4.09. The van der Waals surface area contributed by atoms with Gasteiger partial charge in [-0.05, 0) is 53.8 Å². The largest absolute Gasteiger partial charge is 0.444 e. The number of carbonyl (C=O) groups is 1. The molecule has 20 heavy (non-hydrogen) atoms. The van der Waals surface area contributed by atoms with Crippen molar-refractivity contribution in [3.8, 4) is 0 Å². The molecule has 116 valence electrons. The summed E-state index contributed by atoms with van der Waals surface area (Å²) >= 11 is 0. The quantitative estimate of drug-likeness (QED) is 0.588. The van der Waals surface area contributed by atoms with Crippen LogP contribution in [-0.2, 0) is 9.16 Å². The predicted octanol–water partition coefficient (Wildman–Crippen LogP) is 3.79. The molecule has 1 heterocycles. The number of allylic oxidation sites excluding steroid dienone is 1. The van der Waals surface area contributed by atoms with Crippen molar-refractivity contribution < 1.29 is 14.0 Å². The molecule has 0 N–H and O–H groups in total. The number of carbonyl (C=O) groups excluding carboxylic acids is 1. The van der Waals surface area contributed by atoms with Crippen molar-refractivity contribution in [2.45, 2.75) is 65.4 Å². The van der Waals surface area contributed by atoms with Crippen LogP contribution in [0.2, 0.25) is 19.6 Å². The van der Waals surface area contributed by atoms with Crippen LogP contribution in [0, 0.1) is 0 Å². The van der Waals surface area contributed by atoms with Crippen LogP contribution in [0.4, 0.5) is 4.79 Å². The highest BCUT2D eigenvalue weighted by Crippen LogP contribution is 2.25. The number of ether oxygens (including phenoxy) is 1. The molecule has 1 aliphatic heterocycles. The highest BCUT2D eigenvalue weighted by molar-refractivity contribution is 6.69. The summed E-state index contributed by atoms with van der Waals surface area (Å²) < 4.78 is 11.5. The summed E-state index contributed by atoms with van der Waals surface area (Å²) in [6.45, 7) is 15.5. The summed E-state index contributed by atoms with van der Waals surface area (Å²) in [6, 6.07) is 0.0998. The number of amides is 1. The molecule has 0 aliphatic carbocycles. The van der Waals surface area contributed by atoms with E-state index in [4.69, 9.17) is 9.16 Å². The Labute approximate surface area is 124 Å². The molecule has 1 atom stereocenters. The van der Waals surface area contributed by atoms with E-state index in [1.54, 1.807) is 4.90 Å². The van der Waals surface area contributed by atoms with Gasteiger partial charge in [-0.2, -0.15) is 0 Å². The minimum Gasteiger partial charge on any atom is -0.444 e. The minimum absolute atomic E-state index is 0.0998. The molecule has 0 aromatic heterocycles. The Kier molecular flexibility index (Phi) is 5.44. The molecule has 0 radical (unpaired) electrons. The van der Waals surface area contributed by atoms with Crippen molar-refractivity contribution in [2.75, 3.05) is 13.2 Å². The van der Waals surface area contributed by atoms with Gasteiger partial charge in [0.1, 0.15) is 5.60 Å². The molecule has 1 fully saturated rings. The summed E-state index contributed by atoms with van der Waals surface area (Å²) in [5.41, 5.74) is 0.819. The third kappa shape index (κ3) is 5.67. The first-order valence-corrected chi connectivity index (χ1v) is 10.7. The Balaban J connectivity index is 2.72. The van der Waals surface area contributed by atoms with Gasteiger partial charge in [-0.3, -0.25) is 4.90 Å². The first-order valence-electron chi connectivity index (χ1n) is 7.29. The zero-order valence-corrected chi connectivity index (χ0v) is 14.9. The summed E-state index contributed by atoms with van der Waals surface area (Å²) in [5, 5.41) is 0. The number of hydrogen-bond donors (Lipinski definition) is 0. The van der Waals surface area contributed by atoms with Gasteiger partial charge >= 0.3 is 6.09 Å². The van der Waals surface area contributed by atoms with Gasteiger partial charge in [0, 0.05) is 6.54 Å². The maximum atomic E-state index is 12.3. The summed E-state index contributed by atoms with van der Waals surface area (Å²) in [4.78, 5) is 14.1. The standard InChI is InChI=1S/C15H29NO3Si/c1-8-12-9-13(11-18-20(5,6)7)16(10-12)14(17)19-15(2,3)4/h8,13H,9-11H2,1-7H3/b12-8-/t13-/m0/s1. The molecule has 4 nitrogen and oxygen atoms in total. The fourth-order valence-electron chi connectivity index (χ4n) is 2.06. The smallest absolute Gasteiger partial charge is 0.410 e. The summed E-state index contributed by atoms with van der Waals surface area (Å²) in [5.74, 6) is 0. The lowest BCUT2D eigenvalue weighted by molar-refractivity contribution is 0.0186. The Hall–Kier alpha value is -0.813. The van der Waals surface area contributed by atoms with E-state index in [2.05, 4.69) is 25.7 Å². The van der Waals surface area contributed by atoms with Gasteiger partial charge in [-0.15, -0.1) is 0 Å². The van der Waals surface area contributed by atoms with Crippen LogP contribution in [0.15, 0.2) is 11.6 Å². The molecular formula is C15H29NO3Si. The Bertz CT molecular complexity index is 380. The first-order chi connectivity index (χ1) is 9.02. The van der Waals surface area contributed by atoms with Crippen molar-refractivity contribution in [1.82, 2.24) is 4.90 Å². The number of rotatable bonds is 3. The fraction of sp³-hybridized carbons (Fsp3) is 0.800. The van der Waals surface area contributed by atoms with Crippen LogP contribution in [-0.4, -0.2) is 44.1 Å². The van der Waals surface area contributed by atoms with Crippen molar-refractivity contribution in [3.05, 3.63) is 11.6 Å². The number of likely N-dealkylation sites (tertiary alicyclic amines) is 1. The topological polar surface area (TPSA) is 38.8 Å². The maximum Gasteiger partial charge on any atom is 0.410 e. The molecule has 0 spiro atoms. The van der Waals surface area contributed by atoms with Crippen LogP contribution >= 0.6 is 0 Å². The monoisotopic (exact) mass is 299 g/mol. The maximum absolute atomic E-state index is 12.3. The van der Waals surface area contributed by atoms with Gasteiger partial charge < -0.3 is 9.16 Å². The third-order valence-electron chi connectivity index (χ3n) is 3.06. The van der Waals surface area contributed by atoms with E-state index in [-0.39, 0.29) is 12.1 Å². The van der Waals surface area contributed by atoms with Crippen LogP contribution in [0.5, 0.6) is 0 Å². The lowest BCUT2D eigenvalue weighted by atomic mass is 10.1. The SMILES string of the molecule is C/C=C1/C[C@@H](CO[Si](C)(C)C)N(C(=O)OC(C)(C)C)C1. The normalized spacial score (nSPS) is 22.4. The van der Waals surface area contributed by atoms with E-state index in [1.165, 1.54) is 5.57 Å². The molecule has 1 rings (SSSR count). The van der Waals surface area contributed by atoms with Crippen LogP contribution < -0.4 is 0 Å². The lowest BCUT2D eigenvalue weighted by Crippen LogP contribution is -2.43. The second kappa shape index (κ2) is 6.31. The molecule has 1 amide bonds. The fourth-order valence-corrected chi connectivity index (χ4v) is 2.76. The molecule has 1 aliphatic rings. The molecule has 1 saturated heterocycles. The van der Waals surface area contributed by atoms with E-state index < -0.39 is 13.9 Å². The van der Waals surface area contributed by atoms with E-state index in [9.17, 15) is 4.79 Å². The van der Waals surface area contributed by atoms with E-state index in [0.717, 1.165) is 6.42 Å². The van der Waals surface area contributed by atoms with Crippen LogP contribution in [0.3, 0.4) is 0 Å². The van der Waals surface area contributed by atoms with Gasteiger partial charge in [-0.25, -0.2) is 4.79 Å². The number of hydrogen-bond acceptors (Lipinski definition) is 3. The van der Waals surface area contributed by atoms with Gasteiger partial charge in [0.2, 0.25) is 0 Å². The first kappa shape index (κ1) is 17.2. The highest BCUT2D eigenvalue weighted by Gasteiger charge is 2.35. The average molecular weight is 299 g/mol. The second-order valence-electron chi connectivity index (χ2n) is 7.34. The zero-order valence-electron chi connectivity index (χ0n) is 13.9. The van der Waals surface area contributed by atoms with E-state index in [1.807, 2.05) is 27.7 Å². The minimum atomic E-state index is -1.57. The molecule has 0 unspecified atom stereocenters. The van der Waals surface area contributed by atoms with Crippen molar-refractivity contribution in [1.29, 1.82) is 0 Å². The zero-order chi connectivity index (χ0) is 15.6. The summed E-state index contributed by atoms with van der Waals surface area (Å²) in [6.07, 6.45) is 2.74. The van der Waals surface area contributed by atoms with Gasteiger partial charge in [0.15, 0.2) is 8.32 Å². The highest BCUT2D eigenvalue weighted by atomic mass is 28.4. The molecule has 0 aromatic carbocycles. The second-order valence-corrected chi connectivity index (χ2v) is 11.8. The lowest BCUT2D eigenvalue weighted by Gasteiger charge is -2.29. The molecule has 0 aromatic rings. The predicted molar refractivity (Wildman–Crippen MR) is 84.4 cm³/mol.